The van der Waals surface area contributed by atoms with Crippen LogP contribution in [0.25, 0.3) is 10.8 Å². The second-order valence-electron chi connectivity index (χ2n) is 7.86. The highest BCUT2D eigenvalue weighted by Crippen LogP contribution is 2.29. The molecule has 0 radical (unpaired) electrons. The fourth-order valence-electron chi connectivity index (χ4n) is 4.43. The highest BCUT2D eigenvalue weighted by atomic mass is 16.5. The lowest BCUT2D eigenvalue weighted by Crippen LogP contribution is -2.42. The summed E-state index contributed by atoms with van der Waals surface area (Å²) in [5, 5.41) is 8.91. The molecule has 3 atom stereocenters. The van der Waals surface area contributed by atoms with Crippen molar-refractivity contribution in [2.24, 2.45) is 0 Å². The summed E-state index contributed by atoms with van der Waals surface area (Å²) in [6, 6.07) is 23.3. The smallest absolute Gasteiger partial charge is 0.251 e. The molecule has 142 valence electrons. The zero-order valence-electron chi connectivity index (χ0n) is 15.7. The molecule has 3 unspecified atom stereocenters. The van der Waals surface area contributed by atoms with Crippen LogP contribution < -0.4 is 15.4 Å². The first-order chi connectivity index (χ1) is 13.7. The van der Waals surface area contributed by atoms with Crippen LogP contribution in [0, 0.1) is 0 Å². The van der Waals surface area contributed by atoms with Gasteiger partial charge in [-0.05, 0) is 59.9 Å². The van der Waals surface area contributed by atoms with Crippen LogP contribution in [0.4, 0.5) is 0 Å². The molecular weight excluding hydrogens is 348 g/mol. The van der Waals surface area contributed by atoms with Crippen LogP contribution in [0.5, 0.6) is 5.75 Å². The third-order valence-corrected chi connectivity index (χ3v) is 5.94. The van der Waals surface area contributed by atoms with Crippen LogP contribution >= 0.6 is 0 Å². The molecule has 28 heavy (non-hydrogen) atoms. The van der Waals surface area contributed by atoms with Gasteiger partial charge in [0.2, 0.25) is 0 Å². The first kappa shape index (κ1) is 17.3. The number of hydrogen-bond acceptors (Lipinski definition) is 3. The molecular formula is C24H24N2O2. The van der Waals surface area contributed by atoms with Crippen LogP contribution in [0.15, 0.2) is 66.7 Å². The van der Waals surface area contributed by atoms with E-state index in [9.17, 15) is 4.79 Å². The van der Waals surface area contributed by atoms with E-state index in [4.69, 9.17) is 4.74 Å². The summed E-state index contributed by atoms with van der Waals surface area (Å²) in [6.07, 6.45) is 3.44. The molecule has 0 spiro atoms. The molecule has 2 bridgehead atoms. The predicted molar refractivity (Wildman–Crippen MR) is 111 cm³/mol. The topological polar surface area (TPSA) is 50.4 Å². The minimum absolute atomic E-state index is 0.0110. The third kappa shape index (κ3) is 3.48. The van der Waals surface area contributed by atoms with Gasteiger partial charge in [0.05, 0.1) is 0 Å². The fourth-order valence-corrected chi connectivity index (χ4v) is 4.43. The van der Waals surface area contributed by atoms with Crippen molar-refractivity contribution in [2.75, 3.05) is 0 Å². The van der Waals surface area contributed by atoms with Crippen LogP contribution in [-0.2, 0) is 6.61 Å². The van der Waals surface area contributed by atoms with E-state index in [0.717, 1.165) is 34.9 Å². The number of ether oxygens (including phenoxy) is 1. The van der Waals surface area contributed by atoms with E-state index in [-0.39, 0.29) is 11.9 Å². The summed E-state index contributed by atoms with van der Waals surface area (Å²) < 4.78 is 5.93. The zero-order chi connectivity index (χ0) is 18.9. The molecule has 0 aromatic heterocycles. The first-order valence-electron chi connectivity index (χ1n) is 10.0. The average Bonchev–Trinajstić information content (AvgIpc) is 3.35. The van der Waals surface area contributed by atoms with Gasteiger partial charge in [0, 0.05) is 23.7 Å². The van der Waals surface area contributed by atoms with E-state index < -0.39 is 0 Å². The van der Waals surface area contributed by atoms with Gasteiger partial charge in [0.1, 0.15) is 12.4 Å². The van der Waals surface area contributed by atoms with Gasteiger partial charge in [0.25, 0.3) is 5.91 Å². The maximum Gasteiger partial charge on any atom is 0.251 e. The second kappa shape index (κ2) is 7.28. The van der Waals surface area contributed by atoms with Crippen molar-refractivity contribution in [3.8, 4) is 5.75 Å². The van der Waals surface area contributed by atoms with E-state index in [1.807, 2.05) is 66.7 Å². The van der Waals surface area contributed by atoms with Gasteiger partial charge in [-0.1, -0.05) is 42.5 Å². The fraction of sp³-hybridized carbons (Fsp3) is 0.292. The van der Waals surface area contributed by atoms with E-state index in [1.54, 1.807) is 0 Å². The lowest BCUT2D eigenvalue weighted by molar-refractivity contribution is 0.0931. The summed E-state index contributed by atoms with van der Waals surface area (Å²) in [6.45, 7) is 0.532. The van der Waals surface area contributed by atoms with Gasteiger partial charge >= 0.3 is 0 Å². The average molecular weight is 372 g/mol. The van der Waals surface area contributed by atoms with Gasteiger partial charge in [0.15, 0.2) is 0 Å². The molecule has 1 amide bonds. The van der Waals surface area contributed by atoms with Crippen molar-refractivity contribution >= 4 is 16.7 Å². The van der Waals surface area contributed by atoms with E-state index in [2.05, 4.69) is 10.6 Å². The largest absolute Gasteiger partial charge is 0.489 e. The summed E-state index contributed by atoms with van der Waals surface area (Å²) in [5.74, 6) is 0.822. The Balaban J connectivity index is 1.30. The Morgan fingerprint density at radius 3 is 2.64 bits per heavy atom. The number of nitrogens with one attached hydrogen (secondary N) is 2. The van der Waals surface area contributed by atoms with Crippen molar-refractivity contribution < 1.29 is 9.53 Å². The molecule has 3 aromatic rings. The first-order valence-corrected chi connectivity index (χ1v) is 10.0. The van der Waals surface area contributed by atoms with E-state index in [0.29, 0.717) is 24.3 Å². The third-order valence-electron chi connectivity index (χ3n) is 5.94. The molecule has 2 heterocycles. The van der Waals surface area contributed by atoms with Crippen molar-refractivity contribution in [3.63, 3.8) is 0 Å². The van der Waals surface area contributed by atoms with Crippen LogP contribution in [0.1, 0.15) is 35.2 Å². The molecule has 0 saturated carbocycles. The van der Waals surface area contributed by atoms with Gasteiger partial charge < -0.3 is 15.4 Å². The Morgan fingerprint density at radius 1 is 1.00 bits per heavy atom. The molecule has 2 saturated heterocycles. The highest BCUT2D eigenvalue weighted by Gasteiger charge is 2.39. The Hall–Kier alpha value is -2.85. The van der Waals surface area contributed by atoms with Gasteiger partial charge in [-0.15, -0.1) is 0 Å². The predicted octanol–water partition coefficient (Wildman–Crippen LogP) is 4.04. The molecule has 2 aliphatic rings. The van der Waals surface area contributed by atoms with Crippen LogP contribution in [0.3, 0.4) is 0 Å². The molecule has 4 heteroatoms. The maximum atomic E-state index is 12.7. The lowest BCUT2D eigenvalue weighted by Gasteiger charge is -2.21. The monoisotopic (exact) mass is 372 g/mol. The molecule has 0 aliphatic carbocycles. The number of benzene rings is 3. The number of hydrogen-bond donors (Lipinski definition) is 2. The Kier molecular flexibility index (Phi) is 4.49. The molecule has 4 nitrogen and oxygen atoms in total. The van der Waals surface area contributed by atoms with E-state index >= 15 is 0 Å². The number of rotatable bonds is 5. The zero-order valence-corrected chi connectivity index (χ0v) is 15.7. The normalized spacial score (nSPS) is 23.1. The summed E-state index contributed by atoms with van der Waals surface area (Å²) in [7, 11) is 0. The van der Waals surface area contributed by atoms with Crippen LogP contribution in [0.2, 0.25) is 0 Å². The summed E-state index contributed by atoms with van der Waals surface area (Å²) in [5.41, 5.74) is 1.84. The SMILES string of the molecule is O=C(NC1CC2CCC1N2)c1ccc2ccc(OCc3ccccc3)cc2c1. The summed E-state index contributed by atoms with van der Waals surface area (Å²) in [4.78, 5) is 12.7. The van der Waals surface area contributed by atoms with Crippen molar-refractivity contribution in [3.05, 3.63) is 77.9 Å². The summed E-state index contributed by atoms with van der Waals surface area (Å²) >= 11 is 0. The Labute approximate surface area is 164 Å². The maximum absolute atomic E-state index is 12.7. The highest BCUT2D eigenvalue weighted by molar-refractivity contribution is 5.99. The minimum atomic E-state index is 0.0110. The standard InChI is InChI=1S/C24H24N2O2/c27-24(26-23-14-20-9-11-22(23)25-20)18-7-6-17-8-10-21(13-19(17)12-18)28-15-16-4-2-1-3-5-16/h1-8,10,12-13,20,22-23,25H,9,11,14-15H2,(H,26,27). The number of fused-ring (bicyclic) bond motifs is 3. The van der Waals surface area contributed by atoms with Gasteiger partial charge in [-0.25, -0.2) is 0 Å². The minimum Gasteiger partial charge on any atom is -0.489 e. The van der Waals surface area contributed by atoms with Crippen LogP contribution in [-0.4, -0.2) is 24.0 Å². The van der Waals surface area contributed by atoms with Crippen molar-refractivity contribution in [2.45, 2.75) is 44.0 Å². The number of carbonyl (C=O) groups is 1. The number of amides is 1. The van der Waals surface area contributed by atoms with Crippen molar-refractivity contribution in [1.82, 2.24) is 10.6 Å². The van der Waals surface area contributed by atoms with E-state index in [1.165, 1.54) is 6.42 Å². The van der Waals surface area contributed by atoms with Crippen molar-refractivity contribution in [1.29, 1.82) is 0 Å². The molecule has 3 aromatic carbocycles. The lowest BCUT2D eigenvalue weighted by atomic mass is 9.95. The molecule has 2 aliphatic heterocycles. The molecule has 5 rings (SSSR count). The Bertz CT molecular complexity index is 1000. The molecule has 2 fully saturated rings. The van der Waals surface area contributed by atoms with Gasteiger partial charge in [-0.3, -0.25) is 4.79 Å². The second-order valence-corrected chi connectivity index (χ2v) is 7.86. The Morgan fingerprint density at radius 2 is 1.86 bits per heavy atom. The molecule has 2 N–H and O–H groups in total. The quantitative estimate of drug-likeness (QED) is 0.711. The number of carbonyl (C=O) groups excluding carboxylic acids is 1. The van der Waals surface area contributed by atoms with Gasteiger partial charge in [-0.2, -0.15) is 0 Å².